The molecule has 0 spiro atoms. The summed E-state index contributed by atoms with van der Waals surface area (Å²) >= 11 is 0. The number of aromatic hydroxyl groups is 1. The molecule has 0 radical (unpaired) electrons. The molecule has 27 heavy (non-hydrogen) atoms. The topological polar surface area (TPSA) is 77.8 Å². The number of hydrogen-bond acceptors (Lipinski definition) is 5. The molecule has 1 heterocycles. The number of rotatable bonds is 5. The lowest BCUT2D eigenvalue weighted by molar-refractivity contribution is -0.0686. The van der Waals surface area contributed by atoms with Crippen LogP contribution in [0.5, 0.6) is 5.75 Å². The second-order valence-corrected chi connectivity index (χ2v) is 10.2. The molecule has 2 aromatic rings. The number of benzene rings is 2. The largest absolute Gasteiger partial charge is 0.508 e. The zero-order valence-corrected chi connectivity index (χ0v) is 16.0. The molecule has 2 N–H and O–H groups in total. The lowest BCUT2D eigenvalue weighted by Gasteiger charge is -2.46. The first-order valence-electron chi connectivity index (χ1n) is 9.38. The van der Waals surface area contributed by atoms with Crippen molar-refractivity contribution in [3.63, 3.8) is 0 Å². The number of aliphatic hydroxyl groups is 1. The maximum Gasteiger partial charge on any atom is 0.182 e. The van der Waals surface area contributed by atoms with Gasteiger partial charge in [-0.25, -0.2) is 8.42 Å². The van der Waals surface area contributed by atoms with Gasteiger partial charge in [-0.2, -0.15) is 0 Å². The first-order valence-corrected chi connectivity index (χ1v) is 10.9. The zero-order chi connectivity index (χ0) is 19.1. The molecule has 6 heteroatoms. The van der Waals surface area contributed by atoms with Gasteiger partial charge in [-0.15, -0.1) is 0 Å². The van der Waals surface area contributed by atoms with E-state index in [2.05, 4.69) is 17.0 Å². The van der Waals surface area contributed by atoms with Gasteiger partial charge >= 0.3 is 0 Å². The monoisotopic (exact) mass is 387 g/mol. The third kappa shape index (κ3) is 3.74. The van der Waals surface area contributed by atoms with Crippen LogP contribution in [0.25, 0.3) is 0 Å². The molecule has 144 valence electrons. The second kappa shape index (κ2) is 6.93. The Morgan fingerprint density at radius 1 is 1.04 bits per heavy atom. The van der Waals surface area contributed by atoms with Crippen molar-refractivity contribution in [1.82, 2.24) is 4.90 Å². The van der Waals surface area contributed by atoms with Crippen LogP contribution in [0.1, 0.15) is 30.7 Å². The maximum atomic E-state index is 12.8. The van der Waals surface area contributed by atoms with Gasteiger partial charge in [-0.05, 0) is 61.6 Å². The van der Waals surface area contributed by atoms with E-state index >= 15 is 0 Å². The number of likely N-dealkylation sites (tertiary alicyclic amines) is 1. The molecule has 1 aliphatic carbocycles. The van der Waals surface area contributed by atoms with Gasteiger partial charge in [-0.1, -0.05) is 30.3 Å². The van der Waals surface area contributed by atoms with Crippen LogP contribution in [0.4, 0.5) is 0 Å². The predicted molar refractivity (Wildman–Crippen MR) is 104 cm³/mol. The second-order valence-electron chi connectivity index (χ2n) is 7.92. The summed E-state index contributed by atoms with van der Waals surface area (Å²) in [5.41, 5.74) is 0.536. The Hall–Kier alpha value is -1.89. The van der Waals surface area contributed by atoms with Gasteiger partial charge in [0.1, 0.15) is 5.75 Å². The highest BCUT2D eigenvalue weighted by molar-refractivity contribution is 7.92. The van der Waals surface area contributed by atoms with Crippen molar-refractivity contribution in [1.29, 1.82) is 0 Å². The maximum absolute atomic E-state index is 12.8. The lowest BCUT2D eigenvalue weighted by atomic mass is 9.67. The van der Waals surface area contributed by atoms with Crippen LogP contribution >= 0.6 is 0 Å². The SMILES string of the molecule is O=S(=O)(c1ccc(O)cc1)C1CCN(CC2(O)CC(c3ccccc3)C2)C1. The van der Waals surface area contributed by atoms with E-state index in [0.29, 0.717) is 32.0 Å². The Bertz CT molecular complexity index is 890. The van der Waals surface area contributed by atoms with E-state index in [1.54, 1.807) is 0 Å². The molecule has 5 nitrogen and oxygen atoms in total. The van der Waals surface area contributed by atoms with Gasteiger partial charge < -0.3 is 10.2 Å². The molecule has 1 aliphatic heterocycles. The molecule has 0 amide bonds. The third-order valence-electron chi connectivity index (χ3n) is 5.87. The smallest absolute Gasteiger partial charge is 0.182 e. The summed E-state index contributed by atoms with van der Waals surface area (Å²) in [4.78, 5) is 2.32. The Morgan fingerprint density at radius 2 is 1.70 bits per heavy atom. The van der Waals surface area contributed by atoms with E-state index < -0.39 is 20.7 Å². The highest BCUT2D eigenvalue weighted by Crippen LogP contribution is 2.45. The molecular formula is C21H25NO4S. The van der Waals surface area contributed by atoms with Gasteiger partial charge in [-0.3, -0.25) is 4.90 Å². The van der Waals surface area contributed by atoms with Crippen LogP contribution in [0.2, 0.25) is 0 Å². The molecule has 1 atom stereocenters. The summed E-state index contributed by atoms with van der Waals surface area (Å²) in [6.45, 7) is 1.65. The predicted octanol–water partition coefficient (Wildman–Crippen LogP) is 2.55. The molecule has 2 aliphatic rings. The average molecular weight is 388 g/mol. The van der Waals surface area contributed by atoms with Crippen molar-refractivity contribution in [2.24, 2.45) is 0 Å². The molecular weight excluding hydrogens is 362 g/mol. The van der Waals surface area contributed by atoms with Crippen molar-refractivity contribution >= 4 is 9.84 Å². The van der Waals surface area contributed by atoms with Gasteiger partial charge in [0.2, 0.25) is 0 Å². The molecule has 4 rings (SSSR count). The Balaban J connectivity index is 1.36. The molecule has 2 aromatic carbocycles. The normalized spacial score (nSPS) is 28.8. The van der Waals surface area contributed by atoms with E-state index in [1.807, 2.05) is 18.2 Å². The highest BCUT2D eigenvalue weighted by atomic mass is 32.2. The first kappa shape index (κ1) is 18.5. The summed E-state index contributed by atoms with van der Waals surface area (Å²) < 4.78 is 25.6. The van der Waals surface area contributed by atoms with Gasteiger partial charge in [0, 0.05) is 13.1 Å². The number of hydrogen-bond donors (Lipinski definition) is 2. The third-order valence-corrected chi connectivity index (χ3v) is 8.07. The van der Waals surface area contributed by atoms with Crippen LogP contribution in [-0.2, 0) is 9.84 Å². The number of sulfone groups is 1. The Labute approximate surface area is 160 Å². The Morgan fingerprint density at radius 3 is 2.37 bits per heavy atom. The number of phenolic OH excluding ortho intramolecular Hbond substituents is 1. The summed E-state index contributed by atoms with van der Waals surface area (Å²) in [5, 5.41) is 19.7. The van der Waals surface area contributed by atoms with Gasteiger partial charge in [0.05, 0.1) is 15.7 Å². The van der Waals surface area contributed by atoms with Crippen LogP contribution in [0.3, 0.4) is 0 Å². The van der Waals surface area contributed by atoms with Crippen molar-refractivity contribution < 1.29 is 18.6 Å². The molecule has 0 aromatic heterocycles. The van der Waals surface area contributed by atoms with E-state index in [9.17, 15) is 18.6 Å². The summed E-state index contributed by atoms with van der Waals surface area (Å²) in [7, 11) is -3.42. The number of nitrogens with zero attached hydrogens (tertiary/aromatic N) is 1. The minimum atomic E-state index is -3.42. The van der Waals surface area contributed by atoms with Crippen LogP contribution < -0.4 is 0 Å². The summed E-state index contributed by atoms with van der Waals surface area (Å²) in [5.74, 6) is 0.442. The number of phenols is 1. The fraction of sp³-hybridized carbons (Fsp3) is 0.429. The van der Waals surface area contributed by atoms with Gasteiger partial charge in [0.15, 0.2) is 9.84 Å². The quantitative estimate of drug-likeness (QED) is 0.824. The average Bonchev–Trinajstić information content (AvgIpc) is 3.10. The van der Waals surface area contributed by atoms with Gasteiger partial charge in [0.25, 0.3) is 0 Å². The van der Waals surface area contributed by atoms with Crippen molar-refractivity contribution in [2.45, 2.75) is 40.9 Å². The van der Waals surface area contributed by atoms with E-state index in [4.69, 9.17) is 0 Å². The molecule has 0 bridgehead atoms. The molecule has 1 unspecified atom stereocenters. The van der Waals surface area contributed by atoms with Crippen LogP contribution in [0, 0.1) is 0 Å². The lowest BCUT2D eigenvalue weighted by Crippen LogP contribution is -2.51. The minimum Gasteiger partial charge on any atom is -0.508 e. The fourth-order valence-electron chi connectivity index (χ4n) is 4.39. The summed E-state index contributed by atoms with van der Waals surface area (Å²) in [6, 6.07) is 15.9. The Kier molecular flexibility index (Phi) is 4.74. The van der Waals surface area contributed by atoms with Crippen LogP contribution in [0.15, 0.2) is 59.5 Å². The van der Waals surface area contributed by atoms with Crippen LogP contribution in [-0.4, -0.2) is 54.0 Å². The van der Waals surface area contributed by atoms with E-state index in [0.717, 1.165) is 12.8 Å². The van der Waals surface area contributed by atoms with E-state index in [1.165, 1.54) is 29.8 Å². The van der Waals surface area contributed by atoms with Crippen molar-refractivity contribution in [3.05, 3.63) is 60.2 Å². The van der Waals surface area contributed by atoms with E-state index in [-0.39, 0.29) is 10.6 Å². The minimum absolute atomic E-state index is 0.0576. The highest BCUT2D eigenvalue weighted by Gasteiger charge is 2.46. The molecule has 2 fully saturated rings. The molecule has 1 saturated carbocycles. The fourth-order valence-corrected chi connectivity index (χ4v) is 6.11. The summed E-state index contributed by atoms with van der Waals surface area (Å²) in [6.07, 6.45) is 2.02. The number of β-amino-alcohol motifs (C(OH)–C–C–N with tert-alkyl or cyclic N) is 1. The molecule has 1 saturated heterocycles. The first-order chi connectivity index (χ1) is 12.9. The van der Waals surface area contributed by atoms with Crippen molar-refractivity contribution in [3.8, 4) is 5.75 Å². The van der Waals surface area contributed by atoms with Crippen molar-refractivity contribution in [2.75, 3.05) is 19.6 Å². The zero-order valence-electron chi connectivity index (χ0n) is 15.2. The standard InChI is InChI=1S/C21H25NO4S/c23-18-6-8-19(9-7-18)27(25,26)20-10-11-22(14-20)15-21(24)12-17(13-21)16-4-2-1-3-5-16/h1-9,17,20,23-24H,10-15H2.